The summed E-state index contributed by atoms with van der Waals surface area (Å²) >= 11 is 1.51. The van der Waals surface area contributed by atoms with Crippen molar-refractivity contribution < 1.29 is 4.39 Å². The Hall–Kier alpha value is -1.26. The van der Waals surface area contributed by atoms with Gasteiger partial charge in [0.2, 0.25) is 0 Å². The first-order valence-electron chi connectivity index (χ1n) is 4.59. The molecular formula is C11H11FN2S. The second-order valence-electron chi connectivity index (χ2n) is 3.35. The highest BCUT2D eigenvalue weighted by Crippen LogP contribution is 2.24. The first kappa shape index (κ1) is 10.3. The fourth-order valence-electron chi connectivity index (χ4n) is 1.51. The minimum atomic E-state index is -0.259. The fraction of sp³-hybridized carbons (Fsp3) is 0.182. The molecule has 2 aromatic rings. The van der Waals surface area contributed by atoms with Gasteiger partial charge in [0.15, 0.2) is 0 Å². The maximum atomic E-state index is 12.9. The summed E-state index contributed by atoms with van der Waals surface area (Å²) in [5.41, 5.74) is 7.82. The Balaban J connectivity index is 2.38. The molecule has 0 spiro atoms. The van der Waals surface area contributed by atoms with Crippen LogP contribution in [0, 0.1) is 12.7 Å². The summed E-state index contributed by atoms with van der Waals surface area (Å²) in [6, 6.07) is 4.38. The number of thiazole rings is 1. The maximum Gasteiger partial charge on any atom is 0.123 e. The average Bonchev–Trinajstić information content (AvgIpc) is 2.69. The van der Waals surface area contributed by atoms with Gasteiger partial charge in [-0.25, -0.2) is 9.37 Å². The van der Waals surface area contributed by atoms with E-state index in [0.717, 1.165) is 16.1 Å². The van der Waals surface area contributed by atoms with Crippen LogP contribution in [-0.2, 0) is 0 Å². The molecule has 4 heteroatoms. The first-order chi connectivity index (χ1) is 7.18. The van der Waals surface area contributed by atoms with Crippen LogP contribution < -0.4 is 5.73 Å². The monoisotopic (exact) mass is 222 g/mol. The topological polar surface area (TPSA) is 38.9 Å². The lowest BCUT2D eigenvalue weighted by molar-refractivity contribution is 0.624. The van der Waals surface area contributed by atoms with Crippen LogP contribution in [0.4, 0.5) is 4.39 Å². The van der Waals surface area contributed by atoms with E-state index in [-0.39, 0.29) is 11.9 Å². The first-order valence-corrected chi connectivity index (χ1v) is 5.47. The van der Waals surface area contributed by atoms with E-state index in [1.807, 2.05) is 12.3 Å². The zero-order valence-corrected chi connectivity index (χ0v) is 9.09. The zero-order chi connectivity index (χ0) is 10.8. The van der Waals surface area contributed by atoms with Crippen molar-refractivity contribution in [3.8, 4) is 0 Å². The number of rotatable bonds is 2. The van der Waals surface area contributed by atoms with E-state index in [0.29, 0.717) is 0 Å². The summed E-state index contributed by atoms with van der Waals surface area (Å²) in [5.74, 6) is -0.234. The van der Waals surface area contributed by atoms with E-state index >= 15 is 0 Å². The highest BCUT2D eigenvalue weighted by Gasteiger charge is 2.13. The molecule has 2 N–H and O–H groups in total. The van der Waals surface area contributed by atoms with Gasteiger partial charge in [0.05, 0.1) is 6.04 Å². The molecule has 0 aliphatic heterocycles. The number of aromatic nitrogens is 1. The van der Waals surface area contributed by atoms with E-state index in [2.05, 4.69) is 4.98 Å². The third-order valence-electron chi connectivity index (χ3n) is 2.28. The normalized spacial score (nSPS) is 12.7. The fourth-order valence-corrected chi connectivity index (χ4v) is 2.17. The van der Waals surface area contributed by atoms with Gasteiger partial charge in [0.25, 0.3) is 0 Å². The van der Waals surface area contributed by atoms with Gasteiger partial charge < -0.3 is 5.73 Å². The van der Waals surface area contributed by atoms with Crippen LogP contribution in [0.25, 0.3) is 0 Å². The van der Waals surface area contributed by atoms with Gasteiger partial charge in [-0.1, -0.05) is 6.07 Å². The third kappa shape index (κ3) is 2.06. The molecular weight excluding hydrogens is 211 g/mol. The van der Waals surface area contributed by atoms with E-state index in [1.165, 1.54) is 23.5 Å². The number of halogens is 1. The Bertz CT molecular complexity index is 454. The summed E-state index contributed by atoms with van der Waals surface area (Å²) in [5, 5.41) is 2.73. The van der Waals surface area contributed by atoms with Gasteiger partial charge in [-0.15, -0.1) is 11.3 Å². The molecule has 0 saturated carbocycles. The highest BCUT2D eigenvalue weighted by atomic mass is 32.1. The van der Waals surface area contributed by atoms with Gasteiger partial charge in [-0.05, 0) is 30.2 Å². The number of aryl methyl sites for hydroxylation is 1. The molecule has 1 unspecified atom stereocenters. The minimum Gasteiger partial charge on any atom is -0.318 e. The lowest BCUT2D eigenvalue weighted by Crippen LogP contribution is -2.12. The van der Waals surface area contributed by atoms with Crippen molar-refractivity contribution in [2.45, 2.75) is 13.0 Å². The molecule has 15 heavy (non-hydrogen) atoms. The van der Waals surface area contributed by atoms with Crippen LogP contribution >= 0.6 is 11.3 Å². The molecule has 1 atom stereocenters. The molecule has 2 rings (SSSR count). The lowest BCUT2D eigenvalue weighted by atomic mass is 10.0. The largest absolute Gasteiger partial charge is 0.318 e. The van der Waals surface area contributed by atoms with Crippen LogP contribution in [0.5, 0.6) is 0 Å². The van der Waals surface area contributed by atoms with Crippen molar-refractivity contribution in [3.63, 3.8) is 0 Å². The Labute approximate surface area is 91.6 Å². The van der Waals surface area contributed by atoms with Crippen molar-refractivity contribution in [2.75, 3.05) is 0 Å². The van der Waals surface area contributed by atoms with Crippen LogP contribution in [0.1, 0.15) is 22.2 Å². The van der Waals surface area contributed by atoms with E-state index < -0.39 is 0 Å². The molecule has 0 aliphatic rings. The third-order valence-corrected chi connectivity index (χ3v) is 3.14. The molecule has 0 radical (unpaired) electrons. The second kappa shape index (κ2) is 4.08. The molecule has 0 bridgehead atoms. The van der Waals surface area contributed by atoms with Crippen molar-refractivity contribution >= 4 is 11.3 Å². The predicted octanol–water partition coefficient (Wildman–Crippen LogP) is 2.64. The number of benzene rings is 1. The number of nitrogens with zero attached hydrogens (tertiary/aromatic N) is 1. The van der Waals surface area contributed by atoms with Gasteiger partial charge in [0, 0.05) is 11.6 Å². The van der Waals surface area contributed by atoms with Crippen molar-refractivity contribution in [1.29, 1.82) is 0 Å². The summed E-state index contributed by atoms with van der Waals surface area (Å²) in [7, 11) is 0. The molecule has 1 aromatic carbocycles. The number of nitrogens with two attached hydrogens (primary N) is 1. The maximum absolute atomic E-state index is 12.9. The van der Waals surface area contributed by atoms with Crippen LogP contribution in [0.3, 0.4) is 0 Å². The Kier molecular flexibility index (Phi) is 2.79. The van der Waals surface area contributed by atoms with Crippen LogP contribution in [-0.4, -0.2) is 4.98 Å². The predicted molar refractivity (Wildman–Crippen MR) is 59.3 cm³/mol. The van der Waals surface area contributed by atoms with Crippen molar-refractivity contribution in [1.82, 2.24) is 4.98 Å². The second-order valence-corrected chi connectivity index (χ2v) is 4.28. The molecule has 2 nitrogen and oxygen atoms in total. The van der Waals surface area contributed by atoms with Crippen molar-refractivity contribution in [3.05, 3.63) is 51.7 Å². The quantitative estimate of drug-likeness (QED) is 0.848. The van der Waals surface area contributed by atoms with Gasteiger partial charge >= 0.3 is 0 Å². The van der Waals surface area contributed by atoms with Crippen LogP contribution in [0.2, 0.25) is 0 Å². The standard InChI is InChI=1S/C11H11FN2S/c1-7-6-8(12)2-3-9(7)10(13)11-14-4-5-15-11/h2-6,10H,13H2,1H3. The SMILES string of the molecule is Cc1cc(F)ccc1C(N)c1nccs1. The zero-order valence-electron chi connectivity index (χ0n) is 8.27. The molecule has 1 heterocycles. The average molecular weight is 222 g/mol. The van der Waals surface area contributed by atoms with Gasteiger partial charge in [-0.2, -0.15) is 0 Å². The minimum absolute atomic E-state index is 0.234. The smallest absolute Gasteiger partial charge is 0.123 e. The molecule has 0 aliphatic carbocycles. The Morgan fingerprint density at radius 1 is 1.47 bits per heavy atom. The number of hydrogen-bond acceptors (Lipinski definition) is 3. The molecule has 0 saturated heterocycles. The van der Waals surface area contributed by atoms with Crippen LogP contribution in [0.15, 0.2) is 29.8 Å². The Morgan fingerprint density at radius 2 is 2.27 bits per heavy atom. The summed E-state index contributed by atoms with van der Waals surface area (Å²) < 4.78 is 12.9. The highest BCUT2D eigenvalue weighted by molar-refractivity contribution is 7.09. The number of hydrogen-bond donors (Lipinski definition) is 1. The van der Waals surface area contributed by atoms with E-state index in [4.69, 9.17) is 5.73 Å². The summed E-state index contributed by atoms with van der Waals surface area (Å²) in [6.07, 6.45) is 1.72. The Morgan fingerprint density at radius 3 is 2.87 bits per heavy atom. The summed E-state index contributed by atoms with van der Waals surface area (Å²) in [4.78, 5) is 4.16. The van der Waals surface area contributed by atoms with E-state index in [1.54, 1.807) is 12.3 Å². The van der Waals surface area contributed by atoms with Gasteiger partial charge in [-0.3, -0.25) is 0 Å². The molecule has 1 aromatic heterocycles. The summed E-state index contributed by atoms with van der Waals surface area (Å²) in [6.45, 7) is 1.85. The molecule has 0 fully saturated rings. The van der Waals surface area contributed by atoms with Crippen molar-refractivity contribution in [2.24, 2.45) is 5.73 Å². The van der Waals surface area contributed by atoms with E-state index in [9.17, 15) is 4.39 Å². The molecule has 0 amide bonds. The molecule has 78 valence electrons. The lowest BCUT2D eigenvalue weighted by Gasteiger charge is -2.11. The van der Waals surface area contributed by atoms with Gasteiger partial charge in [0.1, 0.15) is 10.8 Å².